The summed E-state index contributed by atoms with van der Waals surface area (Å²) in [5.74, 6) is 0.751. The van der Waals surface area contributed by atoms with Crippen molar-refractivity contribution in [2.45, 2.75) is 58.9 Å². The highest BCUT2D eigenvalue weighted by molar-refractivity contribution is 5.56. The summed E-state index contributed by atoms with van der Waals surface area (Å²) in [6.07, 6.45) is 6.24. The molecule has 0 spiro atoms. The molecule has 2 rings (SSSR count). The third kappa shape index (κ3) is 4.24. The minimum Gasteiger partial charge on any atom is -0.371 e. The number of aryl methyl sites for hydroxylation is 2. The number of nitrogens with zero attached hydrogens (tertiary/aromatic N) is 1. The fourth-order valence-corrected chi connectivity index (χ4v) is 3.25. The SMILES string of the molecule is Cc1ccc2c(c1)CCCN2CC(C)CCCC(C)N. The van der Waals surface area contributed by atoms with Crippen LogP contribution in [0.15, 0.2) is 18.2 Å². The predicted molar refractivity (Wildman–Crippen MR) is 88.4 cm³/mol. The van der Waals surface area contributed by atoms with Gasteiger partial charge in [0.05, 0.1) is 0 Å². The molecule has 0 saturated heterocycles. The van der Waals surface area contributed by atoms with Crippen LogP contribution in [0.2, 0.25) is 0 Å². The molecule has 1 aromatic rings. The molecule has 2 unspecified atom stereocenters. The van der Waals surface area contributed by atoms with Crippen molar-refractivity contribution in [2.24, 2.45) is 11.7 Å². The van der Waals surface area contributed by atoms with Crippen molar-refractivity contribution in [1.29, 1.82) is 0 Å². The lowest BCUT2D eigenvalue weighted by Crippen LogP contribution is -2.33. The summed E-state index contributed by atoms with van der Waals surface area (Å²) in [4.78, 5) is 2.59. The molecule has 1 aliphatic rings. The lowest BCUT2D eigenvalue weighted by atomic mass is 9.96. The van der Waals surface area contributed by atoms with Gasteiger partial charge in [-0.05, 0) is 57.1 Å². The normalized spacial score (nSPS) is 17.7. The molecule has 0 aliphatic carbocycles. The van der Waals surface area contributed by atoms with Crippen molar-refractivity contribution < 1.29 is 0 Å². The van der Waals surface area contributed by atoms with Crippen LogP contribution in [-0.2, 0) is 6.42 Å². The van der Waals surface area contributed by atoms with Gasteiger partial charge in [-0.2, -0.15) is 0 Å². The maximum Gasteiger partial charge on any atom is 0.0399 e. The van der Waals surface area contributed by atoms with Crippen LogP contribution in [0.5, 0.6) is 0 Å². The standard InChI is InChI=1S/C18H30N2/c1-14-9-10-18-17(12-14)8-5-11-20(18)13-15(2)6-4-7-16(3)19/h9-10,12,15-16H,4-8,11,13,19H2,1-3H3. The van der Waals surface area contributed by atoms with Crippen LogP contribution in [0, 0.1) is 12.8 Å². The third-order valence-corrected chi connectivity index (χ3v) is 4.34. The average Bonchev–Trinajstić information content (AvgIpc) is 2.38. The lowest BCUT2D eigenvalue weighted by Gasteiger charge is -2.33. The number of benzene rings is 1. The van der Waals surface area contributed by atoms with Gasteiger partial charge < -0.3 is 10.6 Å². The van der Waals surface area contributed by atoms with E-state index in [9.17, 15) is 0 Å². The smallest absolute Gasteiger partial charge is 0.0399 e. The van der Waals surface area contributed by atoms with Gasteiger partial charge in [0, 0.05) is 24.8 Å². The van der Waals surface area contributed by atoms with E-state index in [1.165, 1.54) is 50.0 Å². The van der Waals surface area contributed by atoms with Gasteiger partial charge in [0.25, 0.3) is 0 Å². The number of fused-ring (bicyclic) bond motifs is 1. The zero-order chi connectivity index (χ0) is 14.5. The molecular weight excluding hydrogens is 244 g/mol. The third-order valence-electron chi connectivity index (χ3n) is 4.34. The summed E-state index contributed by atoms with van der Waals surface area (Å²) in [7, 11) is 0. The highest BCUT2D eigenvalue weighted by Gasteiger charge is 2.18. The predicted octanol–water partition coefficient (Wildman–Crippen LogP) is 3.90. The topological polar surface area (TPSA) is 29.3 Å². The molecular formula is C18H30N2. The van der Waals surface area contributed by atoms with E-state index in [1.807, 2.05) is 0 Å². The molecule has 0 fully saturated rings. The van der Waals surface area contributed by atoms with Gasteiger partial charge in [0.15, 0.2) is 0 Å². The highest BCUT2D eigenvalue weighted by Crippen LogP contribution is 2.29. The molecule has 2 heteroatoms. The molecule has 2 N–H and O–H groups in total. The van der Waals surface area contributed by atoms with Crippen LogP contribution in [0.3, 0.4) is 0 Å². The van der Waals surface area contributed by atoms with Crippen molar-refractivity contribution >= 4 is 5.69 Å². The van der Waals surface area contributed by atoms with E-state index in [-0.39, 0.29) is 0 Å². The zero-order valence-corrected chi connectivity index (χ0v) is 13.4. The Kier molecular flexibility index (Phi) is 5.47. The highest BCUT2D eigenvalue weighted by atomic mass is 15.1. The lowest BCUT2D eigenvalue weighted by molar-refractivity contribution is 0.468. The molecule has 2 atom stereocenters. The second kappa shape index (κ2) is 7.12. The summed E-state index contributed by atoms with van der Waals surface area (Å²) in [6.45, 7) is 9.08. The Bertz CT molecular complexity index is 425. The number of nitrogens with two attached hydrogens (primary N) is 1. The molecule has 112 valence electrons. The van der Waals surface area contributed by atoms with Crippen molar-refractivity contribution in [2.75, 3.05) is 18.0 Å². The monoisotopic (exact) mass is 274 g/mol. The molecule has 0 aromatic heterocycles. The van der Waals surface area contributed by atoms with Crippen LogP contribution in [0.25, 0.3) is 0 Å². The molecule has 1 heterocycles. The first-order valence-corrected chi connectivity index (χ1v) is 8.16. The molecule has 0 amide bonds. The fraction of sp³-hybridized carbons (Fsp3) is 0.667. The Hall–Kier alpha value is -1.02. The molecule has 20 heavy (non-hydrogen) atoms. The first kappa shape index (κ1) is 15.4. The van der Waals surface area contributed by atoms with Crippen LogP contribution in [-0.4, -0.2) is 19.1 Å². The van der Waals surface area contributed by atoms with Crippen LogP contribution in [0.1, 0.15) is 50.7 Å². The first-order chi connectivity index (χ1) is 9.56. The van der Waals surface area contributed by atoms with E-state index in [0.29, 0.717) is 6.04 Å². The summed E-state index contributed by atoms with van der Waals surface area (Å²) < 4.78 is 0. The van der Waals surface area contributed by atoms with Crippen molar-refractivity contribution in [3.8, 4) is 0 Å². The largest absolute Gasteiger partial charge is 0.371 e. The van der Waals surface area contributed by atoms with Crippen molar-refractivity contribution in [3.63, 3.8) is 0 Å². The van der Waals surface area contributed by atoms with Gasteiger partial charge >= 0.3 is 0 Å². The average molecular weight is 274 g/mol. The van der Waals surface area contributed by atoms with E-state index >= 15 is 0 Å². The van der Waals surface area contributed by atoms with Crippen LogP contribution < -0.4 is 10.6 Å². The maximum absolute atomic E-state index is 5.83. The van der Waals surface area contributed by atoms with E-state index < -0.39 is 0 Å². The summed E-state index contributed by atoms with van der Waals surface area (Å²) in [5.41, 5.74) is 10.2. The minimum atomic E-state index is 0.348. The van der Waals surface area contributed by atoms with Gasteiger partial charge in [-0.1, -0.05) is 31.0 Å². The second-order valence-corrected chi connectivity index (χ2v) is 6.70. The maximum atomic E-state index is 5.83. The Morgan fingerprint density at radius 3 is 2.80 bits per heavy atom. The van der Waals surface area contributed by atoms with Crippen molar-refractivity contribution in [3.05, 3.63) is 29.3 Å². The Morgan fingerprint density at radius 1 is 1.25 bits per heavy atom. The van der Waals surface area contributed by atoms with Crippen LogP contribution in [0.4, 0.5) is 5.69 Å². The van der Waals surface area contributed by atoms with E-state index in [1.54, 1.807) is 5.56 Å². The minimum absolute atomic E-state index is 0.348. The molecule has 1 aromatic carbocycles. The molecule has 1 aliphatic heterocycles. The van der Waals surface area contributed by atoms with Gasteiger partial charge in [0.2, 0.25) is 0 Å². The Morgan fingerprint density at radius 2 is 2.05 bits per heavy atom. The summed E-state index contributed by atoms with van der Waals surface area (Å²) in [5, 5.41) is 0. The molecule has 0 radical (unpaired) electrons. The second-order valence-electron chi connectivity index (χ2n) is 6.70. The Balaban J connectivity index is 1.91. The number of anilines is 1. The number of rotatable bonds is 6. The van der Waals surface area contributed by atoms with Gasteiger partial charge in [-0.15, -0.1) is 0 Å². The van der Waals surface area contributed by atoms with E-state index in [2.05, 4.69) is 43.9 Å². The fourth-order valence-electron chi connectivity index (χ4n) is 3.25. The van der Waals surface area contributed by atoms with E-state index in [4.69, 9.17) is 5.73 Å². The van der Waals surface area contributed by atoms with Crippen molar-refractivity contribution in [1.82, 2.24) is 0 Å². The first-order valence-electron chi connectivity index (χ1n) is 8.16. The summed E-state index contributed by atoms with van der Waals surface area (Å²) in [6, 6.07) is 7.28. The number of hydrogen-bond donors (Lipinski definition) is 1. The molecule has 2 nitrogen and oxygen atoms in total. The Labute approximate surface area is 124 Å². The van der Waals surface area contributed by atoms with Gasteiger partial charge in [0.1, 0.15) is 0 Å². The van der Waals surface area contributed by atoms with Gasteiger partial charge in [-0.3, -0.25) is 0 Å². The van der Waals surface area contributed by atoms with Crippen LogP contribution >= 0.6 is 0 Å². The quantitative estimate of drug-likeness (QED) is 0.852. The molecule has 0 bridgehead atoms. The summed E-state index contributed by atoms with van der Waals surface area (Å²) >= 11 is 0. The zero-order valence-electron chi connectivity index (χ0n) is 13.4. The van der Waals surface area contributed by atoms with Gasteiger partial charge in [-0.25, -0.2) is 0 Å². The molecule has 0 saturated carbocycles. The van der Waals surface area contributed by atoms with E-state index in [0.717, 1.165) is 12.3 Å². The number of hydrogen-bond acceptors (Lipinski definition) is 2.